The van der Waals surface area contributed by atoms with E-state index in [2.05, 4.69) is 20.4 Å². The van der Waals surface area contributed by atoms with Gasteiger partial charge in [-0.25, -0.2) is 0 Å². The quantitative estimate of drug-likeness (QED) is 0.438. The number of para-hydroxylation sites is 2. The van der Waals surface area contributed by atoms with E-state index in [9.17, 15) is 4.79 Å². The van der Waals surface area contributed by atoms with Gasteiger partial charge in [0.15, 0.2) is 18.1 Å². The zero-order chi connectivity index (χ0) is 23.5. The summed E-state index contributed by atoms with van der Waals surface area (Å²) in [6.45, 7) is 3.92. The highest BCUT2D eigenvalue weighted by atomic mass is 16.5. The van der Waals surface area contributed by atoms with E-state index in [1.165, 1.54) is 0 Å². The van der Waals surface area contributed by atoms with Gasteiger partial charge in [0, 0.05) is 35.6 Å². The molecule has 0 spiro atoms. The number of amides is 1. The maximum absolute atomic E-state index is 12.7. The van der Waals surface area contributed by atoms with Gasteiger partial charge >= 0.3 is 0 Å². The van der Waals surface area contributed by atoms with Gasteiger partial charge in [-0.2, -0.15) is 4.98 Å². The minimum Gasteiger partial charge on any atom is -0.483 e. The van der Waals surface area contributed by atoms with Gasteiger partial charge in [0.25, 0.3) is 5.91 Å². The van der Waals surface area contributed by atoms with Gasteiger partial charge < -0.3 is 19.3 Å². The molecule has 34 heavy (non-hydrogen) atoms. The van der Waals surface area contributed by atoms with Crippen molar-refractivity contribution >= 4 is 11.6 Å². The van der Waals surface area contributed by atoms with Crippen molar-refractivity contribution in [3.63, 3.8) is 0 Å². The van der Waals surface area contributed by atoms with E-state index in [1.807, 2.05) is 68.4 Å². The van der Waals surface area contributed by atoms with Gasteiger partial charge in [0.2, 0.25) is 11.7 Å². The smallest absolute Gasteiger partial charge is 0.262 e. The van der Waals surface area contributed by atoms with E-state index < -0.39 is 0 Å². The van der Waals surface area contributed by atoms with Crippen LogP contribution in [0.3, 0.4) is 0 Å². The molecule has 0 bridgehead atoms. The fraction of sp³-hybridized carbons (Fsp3) is 0.231. The van der Waals surface area contributed by atoms with Crippen molar-refractivity contribution in [1.82, 2.24) is 15.1 Å². The summed E-state index contributed by atoms with van der Waals surface area (Å²) in [5, 5.41) is 6.95. The average molecular weight is 457 g/mol. The van der Waals surface area contributed by atoms with Crippen molar-refractivity contribution in [3.8, 4) is 22.9 Å². The number of rotatable bonds is 7. The van der Waals surface area contributed by atoms with Gasteiger partial charge in [-0.3, -0.25) is 9.78 Å². The number of fused-ring (bicyclic) bond motifs is 1. The molecule has 0 aliphatic carbocycles. The first-order valence-electron chi connectivity index (χ1n) is 11.0. The van der Waals surface area contributed by atoms with Crippen LogP contribution in [-0.2, 0) is 17.6 Å². The summed E-state index contributed by atoms with van der Waals surface area (Å²) in [5.74, 6) is 1.92. The number of aromatic nitrogens is 3. The molecule has 1 amide bonds. The predicted molar refractivity (Wildman–Crippen MR) is 126 cm³/mol. The second-order valence-corrected chi connectivity index (χ2v) is 8.71. The molecule has 0 radical (unpaired) electrons. The standard InChI is InChI=1S/C26H24N4O4/c1-26(2)14-18-8-5-11-21(24(18)33-26)32-16-22(31)28-20-10-4-3-7-17(20)13-23-29-25(30-34-23)19-9-6-12-27-15-19/h3-12,15H,13-14,16H2,1-2H3,(H,28,31). The zero-order valence-electron chi connectivity index (χ0n) is 18.9. The molecule has 4 aromatic rings. The van der Waals surface area contributed by atoms with E-state index in [0.717, 1.165) is 23.1 Å². The van der Waals surface area contributed by atoms with Crippen molar-refractivity contribution in [3.05, 3.63) is 84.0 Å². The monoisotopic (exact) mass is 456 g/mol. The van der Waals surface area contributed by atoms with Crippen LogP contribution in [0.25, 0.3) is 11.4 Å². The van der Waals surface area contributed by atoms with E-state index in [-0.39, 0.29) is 18.1 Å². The lowest BCUT2D eigenvalue weighted by Crippen LogP contribution is -2.25. The number of hydrogen-bond donors (Lipinski definition) is 1. The van der Waals surface area contributed by atoms with Gasteiger partial charge in [-0.1, -0.05) is 35.5 Å². The molecule has 2 aromatic heterocycles. The zero-order valence-corrected chi connectivity index (χ0v) is 18.9. The number of pyridine rings is 1. The molecule has 0 fully saturated rings. The molecule has 2 aromatic carbocycles. The molecule has 1 N–H and O–H groups in total. The molecule has 172 valence electrons. The number of ether oxygens (including phenoxy) is 2. The third-order valence-corrected chi connectivity index (χ3v) is 5.43. The van der Waals surface area contributed by atoms with Crippen molar-refractivity contribution in [2.75, 3.05) is 11.9 Å². The first kappa shape index (κ1) is 21.6. The highest BCUT2D eigenvalue weighted by Crippen LogP contribution is 2.41. The molecular weight excluding hydrogens is 432 g/mol. The Morgan fingerprint density at radius 3 is 2.85 bits per heavy atom. The molecule has 0 unspecified atom stereocenters. The Kier molecular flexibility index (Phi) is 5.71. The summed E-state index contributed by atoms with van der Waals surface area (Å²) in [6.07, 6.45) is 4.54. The van der Waals surface area contributed by atoms with Crippen LogP contribution in [0.4, 0.5) is 5.69 Å². The van der Waals surface area contributed by atoms with Crippen molar-refractivity contribution in [2.24, 2.45) is 0 Å². The molecule has 3 heterocycles. The molecule has 1 aliphatic heterocycles. The van der Waals surface area contributed by atoms with E-state index in [1.54, 1.807) is 12.4 Å². The number of carbonyl (C=O) groups excluding carboxylic acids is 1. The highest BCUT2D eigenvalue weighted by molar-refractivity contribution is 5.92. The average Bonchev–Trinajstić information content (AvgIpc) is 3.42. The molecule has 8 nitrogen and oxygen atoms in total. The molecule has 1 aliphatic rings. The number of anilines is 1. The number of nitrogens with zero attached hydrogens (tertiary/aromatic N) is 3. The number of nitrogens with one attached hydrogen (secondary N) is 1. The van der Waals surface area contributed by atoms with Crippen LogP contribution in [0.5, 0.6) is 11.5 Å². The minimum absolute atomic E-state index is 0.139. The normalized spacial score (nSPS) is 13.7. The van der Waals surface area contributed by atoms with E-state index in [0.29, 0.717) is 35.3 Å². The van der Waals surface area contributed by atoms with Crippen LogP contribution in [-0.4, -0.2) is 33.2 Å². The van der Waals surface area contributed by atoms with E-state index in [4.69, 9.17) is 14.0 Å². The fourth-order valence-corrected chi connectivity index (χ4v) is 3.93. The Labute approximate surface area is 196 Å². The number of hydrogen-bond acceptors (Lipinski definition) is 7. The highest BCUT2D eigenvalue weighted by Gasteiger charge is 2.32. The summed E-state index contributed by atoms with van der Waals surface area (Å²) < 4.78 is 17.2. The lowest BCUT2D eigenvalue weighted by molar-refractivity contribution is -0.118. The lowest BCUT2D eigenvalue weighted by Gasteiger charge is -2.18. The number of carbonyl (C=O) groups is 1. The van der Waals surface area contributed by atoms with Crippen LogP contribution in [0.15, 0.2) is 71.5 Å². The Morgan fingerprint density at radius 1 is 1.12 bits per heavy atom. The van der Waals surface area contributed by atoms with Gasteiger partial charge in [-0.15, -0.1) is 0 Å². The van der Waals surface area contributed by atoms with Crippen molar-refractivity contribution < 1.29 is 18.8 Å². The SMILES string of the molecule is CC1(C)Cc2cccc(OCC(=O)Nc3ccccc3Cc3nc(-c4cccnc4)no3)c2O1. The third kappa shape index (κ3) is 4.76. The second kappa shape index (κ2) is 8.97. The first-order valence-corrected chi connectivity index (χ1v) is 11.0. The lowest BCUT2D eigenvalue weighted by atomic mass is 10.0. The fourth-order valence-electron chi connectivity index (χ4n) is 3.93. The molecule has 0 atom stereocenters. The van der Waals surface area contributed by atoms with Crippen molar-refractivity contribution in [1.29, 1.82) is 0 Å². The van der Waals surface area contributed by atoms with Gasteiger partial charge in [0.1, 0.15) is 5.60 Å². The Bertz CT molecular complexity index is 1320. The summed E-state index contributed by atoms with van der Waals surface area (Å²) in [6, 6.07) is 16.9. The predicted octanol–water partition coefficient (Wildman–Crippen LogP) is 4.45. The molecule has 0 saturated carbocycles. The topological polar surface area (TPSA) is 99.4 Å². The van der Waals surface area contributed by atoms with Crippen LogP contribution in [0, 0.1) is 0 Å². The largest absolute Gasteiger partial charge is 0.483 e. The van der Waals surface area contributed by atoms with Crippen LogP contribution >= 0.6 is 0 Å². The maximum atomic E-state index is 12.7. The van der Waals surface area contributed by atoms with Crippen molar-refractivity contribution in [2.45, 2.75) is 32.3 Å². The maximum Gasteiger partial charge on any atom is 0.262 e. The Balaban J connectivity index is 1.24. The van der Waals surface area contributed by atoms with Gasteiger partial charge in [-0.05, 0) is 43.7 Å². The molecular formula is C26H24N4O4. The summed E-state index contributed by atoms with van der Waals surface area (Å²) >= 11 is 0. The third-order valence-electron chi connectivity index (χ3n) is 5.43. The summed E-state index contributed by atoms with van der Waals surface area (Å²) in [4.78, 5) is 21.2. The number of benzene rings is 2. The summed E-state index contributed by atoms with van der Waals surface area (Å²) in [7, 11) is 0. The Hall–Kier alpha value is -4.20. The first-order chi connectivity index (χ1) is 16.5. The van der Waals surface area contributed by atoms with Crippen LogP contribution in [0.1, 0.15) is 30.9 Å². The van der Waals surface area contributed by atoms with Crippen LogP contribution < -0.4 is 14.8 Å². The van der Waals surface area contributed by atoms with E-state index >= 15 is 0 Å². The van der Waals surface area contributed by atoms with Crippen LogP contribution in [0.2, 0.25) is 0 Å². The molecule has 8 heteroatoms. The minimum atomic E-state index is -0.283. The molecule has 0 saturated heterocycles. The summed E-state index contributed by atoms with van der Waals surface area (Å²) in [5.41, 5.74) is 3.08. The van der Waals surface area contributed by atoms with Gasteiger partial charge in [0.05, 0.1) is 6.42 Å². The molecule has 5 rings (SSSR count). The Morgan fingerprint density at radius 2 is 2.00 bits per heavy atom. The second-order valence-electron chi connectivity index (χ2n) is 8.71.